The second-order valence-electron chi connectivity index (χ2n) is 6.96. The second-order valence-corrected chi connectivity index (χ2v) is 8.64. The Bertz CT molecular complexity index is 1150. The van der Waals surface area contributed by atoms with Crippen molar-refractivity contribution in [3.63, 3.8) is 0 Å². The SMILES string of the molecule is CC[C@H](Oc1cccc(C)c1)C(=O)Nc1ccc(S(=O)(=O)Nc2ccc(F)cc2)cc1. The summed E-state index contributed by atoms with van der Waals surface area (Å²) < 4.78 is 46.1. The van der Waals surface area contributed by atoms with Crippen molar-refractivity contribution in [1.29, 1.82) is 0 Å². The fourth-order valence-electron chi connectivity index (χ4n) is 2.85. The number of carbonyl (C=O) groups is 1. The molecule has 1 atom stereocenters. The summed E-state index contributed by atoms with van der Waals surface area (Å²) in [6.07, 6.45) is -0.223. The molecule has 0 aromatic heterocycles. The molecule has 0 saturated carbocycles. The third-order valence-corrected chi connectivity index (χ3v) is 5.86. The molecule has 3 rings (SSSR count). The van der Waals surface area contributed by atoms with E-state index in [1.54, 1.807) is 6.07 Å². The number of sulfonamides is 1. The fraction of sp³-hybridized carbons (Fsp3) is 0.174. The molecule has 0 aliphatic heterocycles. The number of rotatable bonds is 8. The molecule has 1 amide bonds. The molecule has 2 N–H and O–H groups in total. The maximum Gasteiger partial charge on any atom is 0.265 e. The van der Waals surface area contributed by atoms with Crippen LogP contribution < -0.4 is 14.8 Å². The van der Waals surface area contributed by atoms with Gasteiger partial charge in [-0.3, -0.25) is 9.52 Å². The Hall–Kier alpha value is -3.39. The van der Waals surface area contributed by atoms with Gasteiger partial charge in [0, 0.05) is 11.4 Å². The summed E-state index contributed by atoms with van der Waals surface area (Å²) in [5, 5.41) is 2.74. The normalized spacial score (nSPS) is 12.1. The van der Waals surface area contributed by atoms with E-state index < -0.39 is 21.9 Å². The Labute approximate surface area is 181 Å². The van der Waals surface area contributed by atoms with E-state index in [1.807, 2.05) is 32.0 Å². The molecular formula is C23H23FN2O4S. The van der Waals surface area contributed by atoms with Crippen molar-refractivity contribution in [3.05, 3.63) is 84.2 Å². The topological polar surface area (TPSA) is 84.5 Å². The summed E-state index contributed by atoms with van der Waals surface area (Å²) in [4.78, 5) is 12.6. The monoisotopic (exact) mass is 442 g/mol. The highest BCUT2D eigenvalue weighted by Crippen LogP contribution is 2.20. The van der Waals surface area contributed by atoms with Crippen LogP contribution in [0, 0.1) is 12.7 Å². The number of carbonyl (C=O) groups excluding carboxylic acids is 1. The first-order chi connectivity index (χ1) is 14.8. The first-order valence-corrected chi connectivity index (χ1v) is 11.2. The molecule has 0 unspecified atom stereocenters. The number of halogens is 1. The Morgan fingerprint density at radius 3 is 2.26 bits per heavy atom. The Kier molecular flexibility index (Phi) is 6.91. The van der Waals surface area contributed by atoms with Crippen LogP contribution in [-0.4, -0.2) is 20.4 Å². The average Bonchev–Trinajstić information content (AvgIpc) is 2.74. The number of hydrogen-bond acceptors (Lipinski definition) is 4. The molecule has 0 radical (unpaired) electrons. The molecule has 3 aromatic carbocycles. The van der Waals surface area contributed by atoms with Gasteiger partial charge < -0.3 is 10.1 Å². The highest BCUT2D eigenvalue weighted by molar-refractivity contribution is 7.92. The Morgan fingerprint density at radius 2 is 1.65 bits per heavy atom. The number of benzene rings is 3. The van der Waals surface area contributed by atoms with Crippen LogP contribution in [0.5, 0.6) is 5.75 Å². The van der Waals surface area contributed by atoms with E-state index in [2.05, 4.69) is 10.0 Å². The first kappa shape index (κ1) is 22.3. The lowest BCUT2D eigenvalue weighted by Gasteiger charge is -2.18. The minimum absolute atomic E-state index is 0.0119. The molecule has 0 saturated heterocycles. The third kappa shape index (κ3) is 6.05. The van der Waals surface area contributed by atoms with Gasteiger partial charge in [-0.15, -0.1) is 0 Å². The number of ether oxygens (including phenoxy) is 1. The van der Waals surface area contributed by atoms with E-state index in [1.165, 1.54) is 48.5 Å². The highest BCUT2D eigenvalue weighted by Gasteiger charge is 2.19. The zero-order valence-electron chi connectivity index (χ0n) is 17.1. The molecule has 0 spiro atoms. The zero-order chi connectivity index (χ0) is 22.4. The molecule has 0 fully saturated rings. The van der Waals surface area contributed by atoms with Crippen molar-refractivity contribution in [2.45, 2.75) is 31.3 Å². The molecule has 8 heteroatoms. The maximum atomic E-state index is 13.0. The lowest BCUT2D eigenvalue weighted by atomic mass is 10.2. The minimum atomic E-state index is -3.85. The second kappa shape index (κ2) is 9.61. The van der Waals surface area contributed by atoms with Crippen molar-refractivity contribution < 1.29 is 22.3 Å². The van der Waals surface area contributed by atoms with Gasteiger partial charge >= 0.3 is 0 Å². The minimum Gasteiger partial charge on any atom is -0.481 e. The van der Waals surface area contributed by atoms with E-state index in [-0.39, 0.29) is 16.5 Å². The van der Waals surface area contributed by atoms with Crippen LogP contribution in [0.4, 0.5) is 15.8 Å². The zero-order valence-corrected chi connectivity index (χ0v) is 17.9. The quantitative estimate of drug-likeness (QED) is 0.528. The van der Waals surface area contributed by atoms with Gasteiger partial charge in [0.25, 0.3) is 15.9 Å². The van der Waals surface area contributed by atoms with Gasteiger partial charge in [-0.25, -0.2) is 12.8 Å². The van der Waals surface area contributed by atoms with Gasteiger partial charge in [-0.1, -0.05) is 19.1 Å². The molecule has 0 bridgehead atoms. The van der Waals surface area contributed by atoms with Gasteiger partial charge in [0.05, 0.1) is 4.90 Å². The molecule has 6 nitrogen and oxygen atoms in total. The molecule has 162 valence electrons. The predicted octanol–water partition coefficient (Wildman–Crippen LogP) is 4.73. The number of amides is 1. The summed E-state index contributed by atoms with van der Waals surface area (Å²) >= 11 is 0. The smallest absolute Gasteiger partial charge is 0.265 e. The van der Waals surface area contributed by atoms with Gasteiger partial charge in [0.2, 0.25) is 0 Å². The summed E-state index contributed by atoms with van der Waals surface area (Å²) in [6, 6.07) is 18.2. The predicted molar refractivity (Wildman–Crippen MR) is 118 cm³/mol. The first-order valence-electron chi connectivity index (χ1n) is 9.69. The van der Waals surface area contributed by atoms with Crippen molar-refractivity contribution in [2.75, 3.05) is 10.0 Å². The van der Waals surface area contributed by atoms with Crippen LogP contribution in [0.3, 0.4) is 0 Å². The maximum absolute atomic E-state index is 13.0. The standard InChI is InChI=1S/C23H23FN2O4S/c1-3-22(30-20-6-4-5-16(2)15-20)23(27)25-18-11-13-21(14-12-18)31(28,29)26-19-9-7-17(24)8-10-19/h4-15,22,26H,3H2,1-2H3,(H,25,27)/t22-/m0/s1. The third-order valence-electron chi connectivity index (χ3n) is 4.46. The summed E-state index contributed by atoms with van der Waals surface area (Å²) in [6.45, 7) is 3.78. The van der Waals surface area contributed by atoms with Crippen molar-refractivity contribution >= 4 is 27.3 Å². The summed E-state index contributed by atoms with van der Waals surface area (Å²) in [5.74, 6) is -0.181. The number of hydrogen-bond donors (Lipinski definition) is 2. The van der Waals surface area contributed by atoms with Crippen LogP contribution in [0.25, 0.3) is 0 Å². The lowest BCUT2D eigenvalue weighted by Crippen LogP contribution is -2.32. The molecule has 0 aliphatic carbocycles. The molecular weight excluding hydrogens is 419 g/mol. The van der Waals surface area contributed by atoms with Crippen LogP contribution in [-0.2, 0) is 14.8 Å². The largest absolute Gasteiger partial charge is 0.481 e. The molecule has 3 aromatic rings. The van der Waals surface area contributed by atoms with Crippen LogP contribution in [0.2, 0.25) is 0 Å². The van der Waals surface area contributed by atoms with E-state index in [9.17, 15) is 17.6 Å². The number of aryl methyl sites for hydroxylation is 1. The summed E-state index contributed by atoms with van der Waals surface area (Å²) in [5.41, 5.74) is 1.72. The molecule has 0 heterocycles. The van der Waals surface area contributed by atoms with Gasteiger partial charge in [0.15, 0.2) is 6.10 Å². The van der Waals surface area contributed by atoms with E-state index in [0.29, 0.717) is 17.9 Å². The van der Waals surface area contributed by atoms with Gasteiger partial charge in [0.1, 0.15) is 11.6 Å². The van der Waals surface area contributed by atoms with Crippen LogP contribution in [0.1, 0.15) is 18.9 Å². The number of nitrogens with one attached hydrogen (secondary N) is 2. The molecule has 0 aliphatic rings. The van der Waals surface area contributed by atoms with E-state index >= 15 is 0 Å². The lowest BCUT2D eigenvalue weighted by molar-refractivity contribution is -0.122. The highest BCUT2D eigenvalue weighted by atomic mass is 32.2. The van der Waals surface area contributed by atoms with Crippen molar-refractivity contribution in [1.82, 2.24) is 0 Å². The average molecular weight is 443 g/mol. The Morgan fingerprint density at radius 1 is 1.00 bits per heavy atom. The van der Waals surface area contributed by atoms with E-state index in [0.717, 1.165) is 5.56 Å². The van der Waals surface area contributed by atoms with Crippen LogP contribution >= 0.6 is 0 Å². The molecule has 31 heavy (non-hydrogen) atoms. The fourth-order valence-corrected chi connectivity index (χ4v) is 3.91. The van der Waals surface area contributed by atoms with Gasteiger partial charge in [-0.2, -0.15) is 0 Å². The van der Waals surface area contributed by atoms with Gasteiger partial charge in [-0.05, 0) is 79.6 Å². The van der Waals surface area contributed by atoms with Crippen molar-refractivity contribution in [2.24, 2.45) is 0 Å². The number of anilines is 2. The van der Waals surface area contributed by atoms with Crippen molar-refractivity contribution in [3.8, 4) is 5.75 Å². The summed E-state index contributed by atoms with van der Waals surface area (Å²) in [7, 11) is -3.85. The Balaban J connectivity index is 1.66. The van der Waals surface area contributed by atoms with Crippen LogP contribution in [0.15, 0.2) is 77.7 Å². The van der Waals surface area contributed by atoms with E-state index in [4.69, 9.17) is 4.74 Å².